The molecule has 6 rings (SSSR count). The molecule has 0 bridgehead atoms. The molecular formula is C49H46F8O5S3. The number of alkyl halides is 8. The lowest BCUT2D eigenvalue weighted by atomic mass is 9.87. The Labute approximate surface area is 380 Å². The summed E-state index contributed by atoms with van der Waals surface area (Å²) in [5, 5.41) is 2.37. The van der Waals surface area contributed by atoms with Crippen molar-refractivity contribution in [1.29, 1.82) is 0 Å². The Bertz CT molecular complexity index is 2340. The van der Waals surface area contributed by atoms with E-state index in [-0.39, 0.29) is 32.6 Å². The fourth-order valence-corrected chi connectivity index (χ4v) is 10.5. The highest BCUT2D eigenvalue weighted by Gasteiger charge is 2.83. The summed E-state index contributed by atoms with van der Waals surface area (Å²) >= 11 is 0. The first-order valence-electron chi connectivity index (χ1n) is 19.6. The lowest BCUT2D eigenvalue weighted by Gasteiger charge is -2.37. The van der Waals surface area contributed by atoms with Gasteiger partial charge in [-0.2, -0.15) is 35.1 Å². The Morgan fingerprint density at radius 3 is 0.846 bits per heavy atom. The van der Waals surface area contributed by atoms with Crippen LogP contribution in [0.15, 0.2) is 199 Å². The van der Waals surface area contributed by atoms with E-state index in [4.69, 9.17) is 0 Å². The first-order chi connectivity index (χ1) is 30.1. The van der Waals surface area contributed by atoms with Crippen molar-refractivity contribution in [2.75, 3.05) is 0 Å². The van der Waals surface area contributed by atoms with Gasteiger partial charge in [0.2, 0.25) is 0 Å². The van der Waals surface area contributed by atoms with Crippen LogP contribution in [-0.4, -0.2) is 42.0 Å². The number of benzene rings is 6. The second-order valence-corrected chi connectivity index (χ2v) is 21.9. The third kappa shape index (κ3) is 12.2. The Balaban J connectivity index is 0.000000215. The summed E-state index contributed by atoms with van der Waals surface area (Å²) in [5.41, 5.74) is 3.14. The summed E-state index contributed by atoms with van der Waals surface area (Å²) in [5.74, 6) is -25.9. The lowest BCUT2D eigenvalue weighted by molar-refractivity contribution is -0.383. The molecule has 0 aliphatic heterocycles. The van der Waals surface area contributed by atoms with Gasteiger partial charge in [-0.25, -0.2) is 8.42 Å². The molecule has 0 saturated heterocycles. The lowest BCUT2D eigenvalue weighted by Crippen LogP contribution is -2.68. The van der Waals surface area contributed by atoms with Crippen molar-refractivity contribution in [2.24, 2.45) is 0 Å². The number of hydrogen-bond acceptors (Lipinski definition) is 5. The van der Waals surface area contributed by atoms with Crippen LogP contribution in [0, 0.1) is 0 Å². The van der Waals surface area contributed by atoms with Gasteiger partial charge in [0.1, 0.15) is 5.97 Å². The molecule has 0 radical (unpaired) electrons. The smallest absolute Gasteiger partial charge is 0.402 e. The molecule has 0 aromatic heterocycles. The molecule has 0 atom stereocenters. The SMILES string of the molecule is CC(C)(C)c1ccc([S+](c2ccccc2)c2ccccc2)cc1.CC(C)(C)c1ccc([S+](c2ccccc2)c2ccccc2)cc1.O=C([O-])C(F)(F)C(F)(F)C(F)(F)C(F)(F)S(=O)(=O)[O-]. The van der Waals surface area contributed by atoms with Crippen molar-refractivity contribution >= 4 is 37.9 Å². The zero-order chi connectivity index (χ0) is 48.6. The van der Waals surface area contributed by atoms with Gasteiger partial charge in [0.25, 0.3) is 0 Å². The average molecular weight is 963 g/mol. The van der Waals surface area contributed by atoms with Gasteiger partial charge in [-0.05, 0) is 94.8 Å². The van der Waals surface area contributed by atoms with Crippen molar-refractivity contribution in [2.45, 2.75) is 105 Å². The van der Waals surface area contributed by atoms with Gasteiger partial charge in [-0.1, -0.05) is 139 Å². The molecule has 0 N–H and O–H groups in total. The third-order valence-corrected chi connectivity index (χ3v) is 14.9. The van der Waals surface area contributed by atoms with Crippen LogP contribution >= 0.6 is 0 Å². The molecule has 5 nitrogen and oxygen atoms in total. The predicted octanol–water partition coefficient (Wildman–Crippen LogP) is 11.9. The van der Waals surface area contributed by atoms with Crippen molar-refractivity contribution in [1.82, 2.24) is 0 Å². The molecule has 346 valence electrons. The second-order valence-electron chi connectivity index (χ2n) is 16.4. The van der Waals surface area contributed by atoms with Crippen molar-refractivity contribution in [3.05, 3.63) is 181 Å². The fourth-order valence-electron chi connectivity index (χ4n) is 5.89. The Kier molecular flexibility index (Phi) is 16.6. The molecule has 0 fully saturated rings. The van der Waals surface area contributed by atoms with E-state index in [9.17, 15) is 58.0 Å². The van der Waals surface area contributed by atoms with Gasteiger partial charge in [0, 0.05) is 0 Å². The highest BCUT2D eigenvalue weighted by molar-refractivity contribution is 7.97. The molecule has 0 amide bonds. The minimum Gasteiger partial charge on any atom is -0.743 e. The van der Waals surface area contributed by atoms with Gasteiger partial charge in [-0.3, -0.25) is 0 Å². The van der Waals surface area contributed by atoms with Gasteiger partial charge in [0.15, 0.2) is 39.5 Å². The summed E-state index contributed by atoms with van der Waals surface area (Å²) in [4.78, 5) is 17.7. The van der Waals surface area contributed by atoms with E-state index in [1.54, 1.807) is 0 Å². The number of carboxylic acids is 1. The standard InChI is InChI=1S/2C22H23S.C5H2F8O5S/c2*1-22(2,3)18-14-16-21(17-15-18)23(19-10-6-4-7-11-19)20-12-8-5-9-13-20;6-2(7,1(14)15)3(8,9)4(10,11)5(12,13)19(16,17)18/h2*4-17H,1-3H3;(H,14,15)(H,16,17,18)/q2*+1;/p-2. The molecule has 0 aliphatic rings. The number of hydrogen-bond donors (Lipinski definition) is 0. The van der Waals surface area contributed by atoms with Gasteiger partial charge in [0.05, 0.1) is 21.8 Å². The largest absolute Gasteiger partial charge is 0.743 e. The summed E-state index contributed by atoms with van der Waals surface area (Å²) in [7, 11) is -7.59. The summed E-state index contributed by atoms with van der Waals surface area (Å²) in [6.07, 6.45) is 0. The monoisotopic (exact) mass is 962 g/mol. The van der Waals surface area contributed by atoms with E-state index < -0.39 is 39.1 Å². The predicted molar refractivity (Wildman–Crippen MR) is 235 cm³/mol. The number of carbonyl (C=O) groups excluding carboxylic acids is 1. The van der Waals surface area contributed by atoms with E-state index in [0.29, 0.717) is 0 Å². The van der Waals surface area contributed by atoms with E-state index in [0.717, 1.165) is 0 Å². The number of carbonyl (C=O) groups is 1. The van der Waals surface area contributed by atoms with Crippen LogP contribution in [0.3, 0.4) is 0 Å². The Morgan fingerprint density at radius 2 is 0.646 bits per heavy atom. The van der Waals surface area contributed by atoms with Crippen LogP contribution in [0.1, 0.15) is 52.7 Å². The minimum atomic E-state index is -7.50. The van der Waals surface area contributed by atoms with E-state index in [1.165, 1.54) is 40.5 Å². The summed E-state index contributed by atoms with van der Waals surface area (Å²) < 4.78 is 128. The summed E-state index contributed by atoms with van der Waals surface area (Å²) in [6.45, 7) is 13.6. The molecule has 0 spiro atoms. The fraction of sp³-hybridized carbons (Fsp3) is 0.245. The van der Waals surface area contributed by atoms with Gasteiger partial charge in [-0.15, -0.1) is 0 Å². The van der Waals surface area contributed by atoms with Crippen LogP contribution in [0.25, 0.3) is 0 Å². The molecule has 0 saturated carbocycles. The Morgan fingerprint density at radius 1 is 0.415 bits per heavy atom. The van der Waals surface area contributed by atoms with Crippen molar-refractivity contribution in [3.8, 4) is 0 Å². The van der Waals surface area contributed by atoms with E-state index in [1.807, 2.05) is 0 Å². The quantitative estimate of drug-likeness (QED) is 0.0732. The molecule has 0 aliphatic carbocycles. The van der Waals surface area contributed by atoms with Crippen LogP contribution in [0.2, 0.25) is 0 Å². The molecular weight excluding hydrogens is 917 g/mol. The summed E-state index contributed by atoms with van der Waals surface area (Å²) in [6, 6.07) is 61.5. The molecule has 65 heavy (non-hydrogen) atoms. The number of rotatable bonds is 11. The van der Waals surface area contributed by atoms with Crippen LogP contribution in [0.5, 0.6) is 0 Å². The first kappa shape index (κ1) is 52.5. The maximum atomic E-state index is 12.5. The molecule has 6 aromatic carbocycles. The third-order valence-electron chi connectivity index (χ3n) is 9.55. The van der Waals surface area contributed by atoms with Crippen LogP contribution < -0.4 is 5.11 Å². The highest BCUT2D eigenvalue weighted by atomic mass is 32.2. The van der Waals surface area contributed by atoms with E-state index in [2.05, 4.69) is 211 Å². The topological polar surface area (TPSA) is 97.3 Å². The number of carboxylic acid groups (broad SMARTS) is 1. The number of aliphatic carboxylic acids is 1. The maximum Gasteiger partial charge on any atom is 0.402 e. The van der Waals surface area contributed by atoms with Gasteiger partial charge >= 0.3 is 23.0 Å². The molecule has 0 unspecified atom stereocenters. The maximum absolute atomic E-state index is 12.5. The van der Waals surface area contributed by atoms with E-state index >= 15 is 0 Å². The molecule has 6 aromatic rings. The van der Waals surface area contributed by atoms with Crippen LogP contribution in [0.4, 0.5) is 35.1 Å². The zero-order valence-electron chi connectivity index (χ0n) is 36.0. The minimum absolute atomic E-state index is 0.0497. The van der Waals surface area contributed by atoms with Crippen molar-refractivity contribution < 1.29 is 58.0 Å². The van der Waals surface area contributed by atoms with Crippen molar-refractivity contribution in [3.63, 3.8) is 0 Å². The average Bonchev–Trinajstić information content (AvgIpc) is 3.25. The molecule has 0 heterocycles. The zero-order valence-corrected chi connectivity index (χ0v) is 38.4. The highest BCUT2D eigenvalue weighted by Crippen LogP contribution is 2.54. The Hall–Kier alpha value is -5.16. The normalized spacial score (nSPS) is 12.8. The number of halogens is 8. The second kappa shape index (κ2) is 20.6. The first-order valence-corrected chi connectivity index (χ1v) is 23.5. The van der Waals surface area contributed by atoms with Crippen LogP contribution in [-0.2, 0) is 47.5 Å². The molecule has 16 heteroatoms. The van der Waals surface area contributed by atoms with Gasteiger partial charge < -0.3 is 14.5 Å².